The molecule has 2 rings (SSSR count). The molecule has 98 valence electrons. The van der Waals surface area contributed by atoms with Gasteiger partial charge in [-0.25, -0.2) is 4.79 Å². The van der Waals surface area contributed by atoms with E-state index < -0.39 is 17.6 Å². The molecule has 0 spiro atoms. The van der Waals surface area contributed by atoms with E-state index in [1.54, 1.807) is 12.1 Å². The molecular formula is C13H13F3O2. The van der Waals surface area contributed by atoms with E-state index >= 15 is 0 Å². The molecule has 1 aromatic carbocycles. The van der Waals surface area contributed by atoms with Gasteiger partial charge >= 0.3 is 12.1 Å². The van der Waals surface area contributed by atoms with Crippen molar-refractivity contribution in [1.82, 2.24) is 0 Å². The molecule has 1 aliphatic rings. The van der Waals surface area contributed by atoms with Crippen LogP contribution in [-0.2, 0) is 11.2 Å². The van der Waals surface area contributed by atoms with Crippen molar-refractivity contribution in [3.8, 4) is 0 Å². The Labute approximate surface area is 103 Å². The van der Waals surface area contributed by atoms with Gasteiger partial charge in [-0.2, -0.15) is 13.2 Å². The molecule has 0 aromatic heterocycles. The summed E-state index contributed by atoms with van der Waals surface area (Å²) < 4.78 is 42.8. The molecule has 0 bridgehead atoms. The second-order valence-electron chi connectivity index (χ2n) is 4.64. The van der Waals surface area contributed by atoms with Gasteiger partial charge in [0.1, 0.15) is 0 Å². The Balaban J connectivity index is 2.10. The Bertz CT molecular complexity index is 444. The highest BCUT2D eigenvalue weighted by Crippen LogP contribution is 2.59. The summed E-state index contributed by atoms with van der Waals surface area (Å²) in [6.45, 7) is 0. The Morgan fingerprint density at radius 2 is 1.83 bits per heavy atom. The predicted molar refractivity (Wildman–Crippen MR) is 59.2 cm³/mol. The van der Waals surface area contributed by atoms with Gasteiger partial charge in [-0.15, -0.1) is 0 Å². The first-order valence-corrected chi connectivity index (χ1v) is 5.62. The maximum atomic E-state index is 12.8. The molecule has 18 heavy (non-hydrogen) atoms. The molecule has 1 aliphatic carbocycles. The number of esters is 1. The molecule has 0 aliphatic heterocycles. The smallest absolute Gasteiger partial charge is 0.394 e. The lowest BCUT2D eigenvalue weighted by Crippen LogP contribution is -2.26. The summed E-state index contributed by atoms with van der Waals surface area (Å²) >= 11 is 0. The largest absolute Gasteiger partial charge is 0.465 e. The van der Waals surface area contributed by atoms with Crippen LogP contribution < -0.4 is 0 Å². The third kappa shape index (κ3) is 2.35. The Morgan fingerprint density at radius 1 is 1.28 bits per heavy atom. The fourth-order valence-corrected chi connectivity index (χ4v) is 1.98. The summed E-state index contributed by atoms with van der Waals surface area (Å²) in [5.41, 5.74) is -0.602. The van der Waals surface area contributed by atoms with Crippen molar-refractivity contribution in [2.75, 3.05) is 7.11 Å². The third-order valence-corrected chi connectivity index (χ3v) is 3.37. The highest BCUT2D eigenvalue weighted by molar-refractivity contribution is 5.89. The zero-order chi connectivity index (χ0) is 13.4. The molecule has 0 unspecified atom stereocenters. The molecule has 0 amide bonds. The van der Waals surface area contributed by atoms with Crippen LogP contribution in [0.3, 0.4) is 0 Å². The maximum absolute atomic E-state index is 12.8. The predicted octanol–water partition coefficient (Wildman–Crippen LogP) is 3.36. The summed E-state index contributed by atoms with van der Waals surface area (Å²) in [7, 11) is 1.26. The first-order valence-electron chi connectivity index (χ1n) is 5.62. The summed E-state index contributed by atoms with van der Waals surface area (Å²) in [4.78, 5) is 11.2. The first kappa shape index (κ1) is 12.9. The van der Waals surface area contributed by atoms with E-state index in [9.17, 15) is 18.0 Å². The minimum atomic E-state index is -4.14. The lowest BCUT2D eigenvalue weighted by atomic mass is 9.95. The van der Waals surface area contributed by atoms with Crippen molar-refractivity contribution < 1.29 is 22.7 Å². The average molecular weight is 258 g/mol. The number of carbonyl (C=O) groups excluding carboxylic acids is 1. The van der Waals surface area contributed by atoms with Gasteiger partial charge in [-0.05, 0) is 37.0 Å². The van der Waals surface area contributed by atoms with E-state index in [-0.39, 0.29) is 19.3 Å². The van der Waals surface area contributed by atoms with Crippen LogP contribution in [0.4, 0.5) is 13.2 Å². The van der Waals surface area contributed by atoms with E-state index in [2.05, 4.69) is 4.74 Å². The van der Waals surface area contributed by atoms with Crippen molar-refractivity contribution in [1.29, 1.82) is 0 Å². The second-order valence-corrected chi connectivity index (χ2v) is 4.64. The van der Waals surface area contributed by atoms with Crippen molar-refractivity contribution in [2.45, 2.75) is 25.4 Å². The number of alkyl halides is 3. The summed E-state index contributed by atoms with van der Waals surface area (Å²) in [5, 5.41) is 0. The van der Waals surface area contributed by atoms with Gasteiger partial charge in [-0.1, -0.05) is 12.1 Å². The van der Waals surface area contributed by atoms with Crippen LogP contribution in [-0.4, -0.2) is 19.3 Å². The van der Waals surface area contributed by atoms with Gasteiger partial charge < -0.3 is 4.74 Å². The molecule has 0 radical (unpaired) electrons. The van der Waals surface area contributed by atoms with E-state index in [4.69, 9.17) is 0 Å². The maximum Gasteiger partial charge on any atom is 0.394 e. The molecule has 0 atom stereocenters. The lowest BCUT2D eigenvalue weighted by Gasteiger charge is -2.19. The van der Waals surface area contributed by atoms with Crippen LogP contribution in [0.5, 0.6) is 0 Å². The number of ether oxygens (including phenoxy) is 1. The summed E-state index contributed by atoms with van der Waals surface area (Å²) in [6.07, 6.45) is -3.78. The third-order valence-electron chi connectivity index (χ3n) is 3.37. The number of benzene rings is 1. The second kappa shape index (κ2) is 4.30. The number of carbonyl (C=O) groups is 1. The van der Waals surface area contributed by atoms with Gasteiger partial charge in [-0.3, -0.25) is 0 Å². The van der Waals surface area contributed by atoms with Crippen molar-refractivity contribution in [3.05, 3.63) is 35.4 Å². The van der Waals surface area contributed by atoms with Gasteiger partial charge in [0.15, 0.2) is 0 Å². The van der Waals surface area contributed by atoms with Crippen molar-refractivity contribution in [3.63, 3.8) is 0 Å². The fourth-order valence-electron chi connectivity index (χ4n) is 1.98. The SMILES string of the molecule is COC(=O)c1ccc(CC2(C(F)(F)F)CC2)cc1. The fraction of sp³-hybridized carbons (Fsp3) is 0.462. The number of hydrogen-bond donors (Lipinski definition) is 0. The van der Waals surface area contributed by atoms with E-state index in [1.807, 2.05) is 0 Å². The highest BCUT2D eigenvalue weighted by atomic mass is 19.4. The quantitative estimate of drug-likeness (QED) is 0.777. The normalized spacial score (nSPS) is 17.3. The zero-order valence-corrected chi connectivity index (χ0v) is 9.88. The summed E-state index contributed by atoms with van der Waals surface area (Å²) in [5.74, 6) is -0.487. The number of methoxy groups -OCH3 is 1. The van der Waals surface area contributed by atoms with Crippen molar-refractivity contribution in [2.24, 2.45) is 5.41 Å². The zero-order valence-electron chi connectivity index (χ0n) is 9.88. The highest BCUT2D eigenvalue weighted by Gasteiger charge is 2.62. The Morgan fingerprint density at radius 3 is 2.22 bits per heavy atom. The molecule has 1 aromatic rings. The van der Waals surface area contributed by atoms with Crippen LogP contribution in [0.25, 0.3) is 0 Å². The average Bonchev–Trinajstić information content (AvgIpc) is 3.09. The van der Waals surface area contributed by atoms with Crippen LogP contribution >= 0.6 is 0 Å². The van der Waals surface area contributed by atoms with Gasteiger partial charge in [0.05, 0.1) is 18.1 Å². The molecule has 2 nitrogen and oxygen atoms in total. The van der Waals surface area contributed by atoms with Crippen LogP contribution in [0.15, 0.2) is 24.3 Å². The topological polar surface area (TPSA) is 26.3 Å². The minimum absolute atomic E-state index is 0.0159. The monoisotopic (exact) mass is 258 g/mol. The van der Waals surface area contributed by atoms with Crippen LogP contribution in [0, 0.1) is 5.41 Å². The van der Waals surface area contributed by atoms with Crippen LogP contribution in [0.1, 0.15) is 28.8 Å². The molecular weight excluding hydrogens is 245 g/mol. The minimum Gasteiger partial charge on any atom is -0.465 e. The van der Waals surface area contributed by atoms with Crippen molar-refractivity contribution >= 4 is 5.97 Å². The molecule has 0 saturated heterocycles. The molecule has 5 heteroatoms. The van der Waals surface area contributed by atoms with Crippen LogP contribution in [0.2, 0.25) is 0 Å². The van der Waals surface area contributed by atoms with E-state index in [0.717, 1.165) is 0 Å². The molecule has 0 N–H and O–H groups in total. The summed E-state index contributed by atoms with van der Waals surface area (Å²) in [6, 6.07) is 6.09. The first-order chi connectivity index (χ1) is 8.38. The molecule has 1 fully saturated rings. The lowest BCUT2D eigenvalue weighted by molar-refractivity contribution is -0.186. The number of rotatable bonds is 3. The van der Waals surface area contributed by atoms with Gasteiger partial charge in [0, 0.05) is 0 Å². The Hall–Kier alpha value is -1.52. The van der Waals surface area contributed by atoms with Gasteiger partial charge in [0.25, 0.3) is 0 Å². The number of halogens is 3. The van der Waals surface area contributed by atoms with E-state index in [1.165, 1.54) is 19.2 Å². The van der Waals surface area contributed by atoms with E-state index in [0.29, 0.717) is 11.1 Å². The Kier molecular flexibility index (Phi) is 3.09. The number of hydrogen-bond acceptors (Lipinski definition) is 2. The molecule has 1 saturated carbocycles. The molecule has 0 heterocycles. The standard InChI is InChI=1S/C13H13F3O2/c1-18-11(17)10-4-2-9(3-5-10)8-12(6-7-12)13(14,15)16/h2-5H,6-8H2,1H3. The van der Waals surface area contributed by atoms with Gasteiger partial charge in [0.2, 0.25) is 0 Å².